The molecule has 0 atom stereocenters. The van der Waals surface area contributed by atoms with Gasteiger partial charge in [-0.3, -0.25) is 4.79 Å². The van der Waals surface area contributed by atoms with Gasteiger partial charge in [-0.1, -0.05) is 36.4 Å². The molecular formula is C13H12ClN3O. The van der Waals surface area contributed by atoms with Crippen molar-refractivity contribution in [2.24, 2.45) is 0 Å². The first-order valence-corrected chi connectivity index (χ1v) is 5.72. The van der Waals surface area contributed by atoms with Crippen molar-refractivity contribution in [2.75, 3.05) is 12.3 Å². The molecule has 0 bridgehead atoms. The fourth-order valence-electron chi connectivity index (χ4n) is 1.59. The molecule has 3 N–H and O–H groups in total. The van der Waals surface area contributed by atoms with Crippen LogP contribution in [-0.4, -0.2) is 17.4 Å². The Hall–Kier alpha value is -2.07. The number of carbonyl (C=O) groups is 1. The maximum absolute atomic E-state index is 11.8. The van der Waals surface area contributed by atoms with Gasteiger partial charge in [0.25, 0.3) is 5.91 Å². The smallest absolute Gasteiger partial charge is 0.270 e. The number of nitrogens with one attached hydrogen (secondary N) is 1. The van der Waals surface area contributed by atoms with E-state index in [2.05, 4.69) is 16.9 Å². The zero-order chi connectivity index (χ0) is 13.1. The van der Waals surface area contributed by atoms with Crippen molar-refractivity contribution in [3.63, 3.8) is 0 Å². The predicted octanol–water partition coefficient (Wildman–Crippen LogP) is 2.30. The Kier molecular flexibility index (Phi) is 3.48. The van der Waals surface area contributed by atoms with Crippen LogP contribution in [0.4, 0.5) is 5.69 Å². The van der Waals surface area contributed by atoms with Crippen molar-refractivity contribution in [1.29, 1.82) is 0 Å². The summed E-state index contributed by atoms with van der Waals surface area (Å²) in [5.41, 5.74) is 7.37. The molecule has 0 unspecified atom stereocenters. The van der Waals surface area contributed by atoms with Gasteiger partial charge in [-0.25, -0.2) is 4.98 Å². The van der Waals surface area contributed by atoms with Gasteiger partial charge in [-0.15, -0.1) is 0 Å². The fourth-order valence-corrected chi connectivity index (χ4v) is 1.65. The zero-order valence-electron chi connectivity index (χ0n) is 9.61. The lowest BCUT2D eigenvalue weighted by Gasteiger charge is -2.06. The number of nitrogens with zero attached hydrogens (tertiary/aromatic N) is 1. The highest BCUT2D eigenvalue weighted by Gasteiger charge is 2.10. The Labute approximate surface area is 109 Å². The lowest BCUT2D eigenvalue weighted by molar-refractivity contribution is 0.0953. The number of benzene rings is 1. The number of hydrogen-bond donors (Lipinski definition) is 2. The van der Waals surface area contributed by atoms with Gasteiger partial charge in [0.1, 0.15) is 5.69 Å². The molecule has 4 nitrogen and oxygen atoms in total. The van der Waals surface area contributed by atoms with Gasteiger partial charge in [0, 0.05) is 16.1 Å². The SMILES string of the molecule is C=C(Cl)CNC(=O)c1cc(N)c2ccccc2n1. The second-order valence-electron chi connectivity index (χ2n) is 3.81. The molecule has 92 valence electrons. The van der Waals surface area contributed by atoms with E-state index in [4.69, 9.17) is 17.3 Å². The molecule has 0 spiro atoms. The average molecular weight is 262 g/mol. The summed E-state index contributed by atoms with van der Waals surface area (Å²) in [4.78, 5) is 16.1. The van der Waals surface area contributed by atoms with E-state index >= 15 is 0 Å². The molecule has 0 aliphatic carbocycles. The number of para-hydroxylation sites is 1. The Bertz CT molecular complexity index is 625. The van der Waals surface area contributed by atoms with Gasteiger partial charge < -0.3 is 11.1 Å². The van der Waals surface area contributed by atoms with Crippen LogP contribution in [0.25, 0.3) is 10.9 Å². The number of halogens is 1. The van der Waals surface area contributed by atoms with Gasteiger partial charge in [0.05, 0.1) is 12.1 Å². The summed E-state index contributed by atoms with van der Waals surface area (Å²) >= 11 is 5.58. The number of carbonyl (C=O) groups excluding carboxylic acids is 1. The summed E-state index contributed by atoms with van der Waals surface area (Å²) in [6.45, 7) is 3.70. The van der Waals surface area contributed by atoms with E-state index in [0.717, 1.165) is 5.39 Å². The van der Waals surface area contributed by atoms with E-state index in [1.807, 2.05) is 24.3 Å². The first-order chi connectivity index (χ1) is 8.58. The van der Waals surface area contributed by atoms with Crippen molar-refractivity contribution < 1.29 is 4.79 Å². The summed E-state index contributed by atoms with van der Waals surface area (Å²) < 4.78 is 0. The van der Waals surface area contributed by atoms with Crippen LogP contribution in [0.5, 0.6) is 0 Å². The van der Waals surface area contributed by atoms with Gasteiger partial charge in [-0.2, -0.15) is 0 Å². The number of hydrogen-bond acceptors (Lipinski definition) is 3. The van der Waals surface area contributed by atoms with Crippen molar-refractivity contribution in [2.45, 2.75) is 0 Å². The summed E-state index contributed by atoms with van der Waals surface area (Å²) in [6.07, 6.45) is 0. The number of aromatic nitrogens is 1. The van der Waals surface area contributed by atoms with Crippen LogP contribution in [0, 0.1) is 0 Å². The van der Waals surface area contributed by atoms with Crippen LogP contribution >= 0.6 is 11.6 Å². The highest BCUT2D eigenvalue weighted by molar-refractivity contribution is 6.29. The molecule has 1 aromatic heterocycles. The third-order valence-electron chi connectivity index (χ3n) is 2.42. The van der Waals surface area contributed by atoms with E-state index < -0.39 is 0 Å². The van der Waals surface area contributed by atoms with Crippen LogP contribution in [0.2, 0.25) is 0 Å². The second-order valence-corrected chi connectivity index (χ2v) is 4.35. The second kappa shape index (κ2) is 5.06. The molecule has 0 saturated carbocycles. The largest absolute Gasteiger partial charge is 0.398 e. The third-order valence-corrected chi connectivity index (χ3v) is 2.56. The van der Waals surface area contributed by atoms with Crippen LogP contribution in [0.1, 0.15) is 10.5 Å². The topological polar surface area (TPSA) is 68.0 Å². The number of nitrogen functional groups attached to an aromatic ring is 1. The van der Waals surface area contributed by atoms with Gasteiger partial charge in [-0.05, 0) is 12.1 Å². The van der Waals surface area contributed by atoms with E-state index in [1.165, 1.54) is 0 Å². The summed E-state index contributed by atoms with van der Waals surface area (Å²) in [5.74, 6) is -0.325. The maximum atomic E-state index is 11.8. The molecule has 2 aromatic rings. The zero-order valence-corrected chi connectivity index (χ0v) is 10.4. The normalized spacial score (nSPS) is 10.3. The van der Waals surface area contributed by atoms with Crippen molar-refractivity contribution >= 4 is 34.1 Å². The van der Waals surface area contributed by atoms with Crippen molar-refractivity contribution in [1.82, 2.24) is 10.3 Å². The molecule has 0 aliphatic rings. The first-order valence-electron chi connectivity index (χ1n) is 5.34. The minimum atomic E-state index is -0.325. The maximum Gasteiger partial charge on any atom is 0.270 e. The molecule has 1 heterocycles. The minimum Gasteiger partial charge on any atom is -0.398 e. The molecule has 1 amide bonds. The van der Waals surface area contributed by atoms with E-state index in [1.54, 1.807) is 6.07 Å². The van der Waals surface area contributed by atoms with Gasteiger partial charge in [0.2, 0.25) is 0 Å². The first kappa shape index (κ1) is 12.4. The van der Waals surface area contributed by atoms with E-state index in [9.17, 15) is 4.79 Å². The van der Waals surface area contributed by atoms with Crippen molar-refractivity contribution in [3.8, 4) is 0 Å². The lowest BCUT2D eigenvalue weighted by Crippen LogP contribution is -2.25. The molecule has 2 rings (SSSR count). The van der Waals surface area contributed by atoms with Crippen LogP contribution in [0.15, 0.2) is 41.9 Å². The molecule has 1 aromatic carbocycles. The van der Waals surface area contributed by atoms with Crippen LogP contribution in [-0.2, 0) is 0 Å². The molecule has 0 radical (unpaired) electrons. The third kappa shape index (κ3) is 2.60. The molecule has 18 heavy (non-hydrogen) atoms. The summed E-state index contributed by atoms with van der Waals surface area (Å²) in [7, 11) is 0. The number of rotatable bonds is 3. The van der Waals surface area contributed by atoms with E-state index in [-0.39, 0.29) is 18.1 Å². The highest BCUT2D eigenvalue weighted by atomic mass is 35.5. The quantitative estimate of drug-likeness (QED) is 0.891. The number of fused-ring (bicyclic) bond motifs is 1. The molecular weight excluding hydrogens is 250 g/mol. The standard InChI is InChI=1S/C13H12ClN3O/c1-8(14)7-16-13(18)12-6-10(15)9-4-2-3-5-11(9)17-12/h2-6H,1,7H2,(H2,15,17)(H,16,18). The summed E-state index contributed by atoms with van der Waals surface area (Å²) in [6, 6.07) is 8.94. The summed E-state index contributed by atoms with van der Waals surface area (Å²) in [5, 5.41) is 3.79. The highest BCUT2D eigenvalue weighted by Crippen LogP contribution is 2.19. The van der Waals surface area contributed by atoms with Crippen molar-refractivity contribution in [3.05, 3.63) is 47.6 Å². The predicted molar refractivity (Wildman–Crippen MR) is 73.5 cm³/mol. The molecule has 0 aliphatic heterocycles. The van der Waals surface area contributed by atoms with Gasteiger partial charge >= 0.3 is 0 Å². The number of pyridine rings is 1. The lowest BCUT2D eigenvalue weighted by atomic mass is 10.1. The van der Waals surface area contributed by atoms with Crippen LogP contribution in [0.3, 0.4) is 0 Å². The van der Waals surface area contributed by atoms with Gasteiger partial charge in [0.15, 0.2) is 0 Å². The minimum absolute atomic E-state index is 0.203. The van der Waals surface area contributed by atoms with E-state index in [0.29, 0.717) is 16.2 Å². The monoisotopic (exact) mass is 261 g/mol. The number of anilines is 1. The van der Waals surface area contributed by atoms with Crippen LogP contribution < -0.4 is 11.1 Å². The Morgan fingerprint density at radius 1 is 1.44 bits per heavy atom. The number of amides is 1. The Balaban J connectivity index is 2.34. The fraction of sp³-hybridized carbons (Fsp3) is 0.0769. The number of nitrogens with two attached hydrogens (primary N) is 1. The Morgan fingerprint density at radius 2 is 2.17 bits per heavy atom. The molecule has 0 fully saturated rings. The Morgan fingerprint density at radius 3 is 2.89 bits per heavy atom. The average Bonchev–Trinajstić information content (AvgIpc) is 2.36. The molecule has 5 heteroatoms. The molecule has 0 saturated heterocycles.